The molecule has 3 rings (SSSR count). The van der Waals surface area contributed by atoms with Crippen LogP contribution in [0, 0.1) is 0 Å². The van der Waals surface area contributed by atoms with Gasteiger partial charge in [-0.3, -0.25) is 9.69 Å². The Morgan fingerprint density at radius 2 is 2.29 bits per heavy atom. The second kappa shape index (κ2) is 7.92. The molecule has 6 nitrogen and oxygen atoms in total. The van der Waals surface area contributed by atoms with Gasteiger partial charge in [0.05, 0.1) is 19.1 Å². The van der Waals surface area contributed by atoms with Gasteiger partial charge in [0.15, 0.2) is 0 Å². The van der Waals surface area contributed by atoms with Crippen molar-refractivity contribution in [3.8, 4) is 0 Å². The minimum Gasteiger partial charge on any atom is -0.350 e. The molecule has 1 unspecified atom stereocenters. The zero-order chi connectivity index (χ0) is 16.9. The highest BCUT2D eigenvalue weighted by Gasteiger charge is 2.28. The summed E-state index contributed by atoms with van der Waals surface area (Å²) in [6.07, 6.45) is 4.80. The van der Waals surface area contributed by atoms with Gasteiger partial charge >= 0.3 is 0 Å². The number of carbonyl (C=O) groups is 1. The summed E-state index contributed by atoms with van der Waals surface area (Å²) < 4.78 is 2.03. The second-order valence-electron chi connectivity index (χ2n) is 6.09. The van der Waals surface area contributed by atoms with Gasteiger partial charge in [0.1, 0.15) is 5.82 Å². The number of nitrogens with zero attached hydrogens (tertiary/aromatic N) is 3. The number of thiophene rings is 1. The number of imidazole rings is 1. The average molecular weight is 347 g/mol. The molecule has 0 aliphatic carbocycles. The molecule has 1 amide bonds. The van der Waals surface area contributed by atoms with Crippen LogP contribution in [0.15, 0.2) is 24.5 Å². The molecule has 7 heteroatoms. The van der Waals surface area contributed by atoms with Crippen molar-refractivity contribution in [1.82, 2.24) is 25.1 Å². The van der Waals surface area contributed by atoms with Crippen LogP contribution in [-0.4, -0.2) is 46.5 Å². The van der Waals surface area contributed by atoms with E-state index in [-0.39, 0.29) is 11.9 Å². The lowest BCUT2D eigenvalue weighted by molar-refractivity contribution is -0.123. The van der Waals surface area contributed by atoms with Gasteiger partial charge in [-0.25, -0.2) is 4.98 Å². The largest absolute Gasteiger partial charge is 0.350 e. The predicted octanol–water partition coefficient (Wildman–Crippen LogP) is 1.31. The fraction of sp³-hybridized carbons (Fsp3) is 0.529. The summed E-state index contributed by atoms with van der Waals surface area (Å²) in [5, 5.41) is 6.44. The quantitative estimate of drug-likeness (QED) is 0.827. The highest BCUT2D eigenvalue weighted by molar-refractivity contribution is 7.11. The molecule has 0 spiro atoms. The maximum atomic E-state index is 12.4. The summed E-state index contributed by atoms with van der Waals surface area (Å²) in [7, 11) is 2.00. The standard InChI is InChI=1S/C17H25N5OS/c1-3-13-4-5-14(24-13)10-20-16(23)12-22-9-6-18-11-15(22)17-19-7-8-21(17)2/h4-5,7-8,15,18H,3,6,9-12H2,1-2H3,(H,20,23). The van der Waals surface area contributed by atoms with Crippen molar-refractivity contribution in [2.75, 3.05) is 26.2 Å². The molecule has 1 atom stereocenters. The Kier molecular flexibility index (Phi) is 5.65. The molecule has 0 saturated carbocycles. The Morgan fingerprint density at radius 1 is 1.46 bits per heavy atom. The van der Waals surface area contributed by atoms with E-state index in [4.69, 9.17) is 0 Å². The van der Waals surface area contributed by atoms with Crippen molar-refractivity contribution < 1.29 is 4.79 Å². The Hall–Kier alpha value is -1.70. The number of hydrogen-bond acceptors (Lipinski definition) is 5. The van der Waals surface area contributed by atoms with Gasteiger partial charge < -0.3 is 15.2 Å². The van der Waals surface area contributed by atoms with Crippen molar-refractivity contribution in [3.63, 3.8) is 0 Å². The van der Waals surface area contributed by atoms with E-state index in [1.165, 1.54) is 9.75 Å². The van der Waals surface area contributed by atoms with E-state index in [1.54, 1.807) is 11.3 Å². The first-order chi connectivity index (χ1) is 11.7. The third kappa shape index (κ3) is 4.03. The maximum absolute atomic E-state index is 12.4. The first-order valence-electron chi connectivity index (χ1n) is 8.43. The summed E-state index contributed by atoms with van der Waals surface area (Å²) in [6.45, 7) is 5.75. The summed E-state index contributed by atoms with van der Waals surface area (Å²) in [5.41, 5.74) is 0. The molecular formula is C17H25N5OS. The molecule has 2 aromatic rings. The number of hydrogen-bond donors (Lipinski definition) is 2. The molecule has 1 saturated heterocycles. The lowest BCUT2D eigenvalue weighted by Crippen LogP contribution is -2.50. The van der Waals surface area contributed by atoms with E-state index in [9.17, 15) is 4.79 Å². The molecule has 1 fully saturated rings. The summed E-state index contributed by atoms with van der Waals surface area (Å²) in [6, 6.07) is 4.38. The third-order valence-corrected chi connectivity index (χ3v) is 5.61. The summed E-state index contributed by atoms with van der Waals surface area (Å²) >= 11 is 1.77. The monoisotopic (exact) mass is 347 g/mol. The molecule has 3 heterocycles. The lowest BCUT2D eigenvalue weighted by Gasteiger charge is -2.35. The Balaban J connectivity index is 1.56. The molecule has 2 N–H and O–H groups in total. The molecule has 0 bridgehead atoms. The number of carbonyl (C=O) groups excluding carboxylic acids is 1. The van der Waals surface area contributed by atoms with Gasteiger partial charge in [0.2, 0.25) is 5.91 Å². The molecule has 24 heavy (non-hydrogen) atoms. The van der Waals surface area contributed by atoms with Crippen LogP contribution in [0.2, 0.25) is 0 Å². The number of piperazine rings is 1. The Morgan fingerprint density at radius 3 is 3.00 bits per heavy atom. The molecule has 0 radical (unpaired) electrons. The van der Waals surface area contributed by atoms with Gasteiger partial charge in [-0.15, -0.1) is 11.3 Å². The first-order valence-corrected chi connectivity index (χ1v) is 9.25. The number of aromatic nitrogens is 2. The van der Waals surface area contributed by atoms with E-state index in [2.05, 4.69) is 39.6 Å². The summed E-state index contributed by atoms with van der Waals surface area (Å²) in [5.74, 6) is 1.07. The molecule has 1 aliphatic rings. The van der Waals surface area contributed by atoms with Gasteiger partial charge in [-0.1, -0.05) is 6.92 Å². The van der Waals surface area contributed by atoms with E-state index in [0.717, 1.165) is 31.9 Å². The number of nitrogens with one attached hydrogen (secondary N) is 2. The van der Waals surface area contributed by atoms with Crippen LogP contribution in [0.1, 0.15) is 28.5 Å². The van der Waals surface area contributed by atoms with Crippen LogP contribution in [-0.2, 0) is 24.8 Å². The molecule has 1 aliphatic heterocycles. The molecule has 130 valence electrons. The Labute approximate surface area is 146 Å². The van der Waals surface area contributed by atoms with Crippen molar-refractivity contribution in [2.24, 2.45) is 7.05 Å². The first kappa shape index (κ1) is 17.1. The van der Waals surface area contributed by atoms with E-state index in [1.807, 2.05) is 24.0 Å². The highest BCUT2D eigenvalue weighted by atomic mass is 32.1. The minimum atomic E-state index is 0.0718. The Bertz CT molecular complexity index is 680. The van der Waals surface area contributed by atoms with Crippen molar-refractivity contribution >= 4 is 17.2 Å². The van der Waals surface area contributed by atoms with Crippen LogP contribution in [0.3, 0.4) is 0 Å². The van der Waals surface area contributed by atoms with Crippen LogP contribution in [0.5, 0.6) is 0 Å². The number of amides is 1. The second-order valence-corrected chi connectivity index (χ2v) is 7.34. The van der Waals surface area contributed by atoms with Crippen molar-refractivity contribution in [2.45, 2.75) is 25.9 Å². The number of rotatable bonds is 6. The fourth-order valence-electron chi connectivity index (χ4n) is 3.02. The van der Waals surface area contributed by atoms with Crippen LogP contribution in [0.25, 0.3) is 0 Å². The fourth-order valence-corrected chi connectivity index (χ4v) is 3.92. The van der Waals surface area contributed by atoms with E-state index < -0.39 is 0 Å². The zero-order valence-electron chi connectivity index (χ0n) is 14.3. The molecule has 0 aromatic carbocycles. The predicted molar refractivity (Wildman–Crippen MR) is 95.9 cm³/mol. The SMILES string of the molecule is CCc1ccc(CNC(=O)CN2CCNCC2c2nccn2C)s1. The topological polar surface area (TPSA) is 62.2 Å². The van der Waals surface area contributed by atoms with Gasteiger partial charge in [0.25, 0.3) is 0 Å². The zero-order valence-corrected chi connectivity index (χ0v) is 15.1. The van der Waals surface area contributed by atoms with Gasteiger partial charge in [0, 0.05) is 48.8 Å². The summed E-state index contributed by atoms with van der Waals surface area (Å²) in [4.78, 5) is 21.6. The minimum absolute atomic E-state index is 0.0718. The maximum Gasteiger partial charge on any atom is 0.234 e. The molecule has 2 aromatic heterocycles. The van der Waals surface area contributed by atoms with Crippen molar-refractivity contribution in [3.05, 3.63) is 40.1 Å². The third-order valence-electron chi connectivity index (χ3n) is 4.38. The van der Waals surface area contributed by atoms with Gasteiger partial charge in [-0.2, -0.15) is 0 Å². The lowest BCUT2D eigenvalue weighted by atomic mass is 10.1. The molecular weight excluding hydrogens is 322 g/mol. The van der Waals surface area contributed by atoms with E-state index in [0.29, 0.717) is 13.1 Å². The van der Waals surface area contributed by atoms with Crippen LogP contribution >= 0.6 is 11.3 Å². The normalized spacial score (nSPS) is 18.7. The number of aryl methyl sites for hydroxylation is 2. The smallest absolute Gasteiger partial charge is 0.234 e. The van der Waals surface area contributed by atoms with Crippen LogP contribution < -0.4 is 10.6 Å². The highest BCUT2D eigenvalue weighted by Crippen LogP contribution is 2.20. The van der Waals surface area contributed by atoms with Crippen molar-refractivity contribution in [1.29, 1.82) is 0 Å². The van der Waals surface area contributed by atoms with Crippen LogP contribution in [0.4, 0.5) is 0 Å². The van der Waals surface area contributed by atoms with E-state index >= 15 is 0 Å². The van der Waals surface area contributed by atoms with Gasteiger partial charge in [-0.05, 0) is 18.6 Å². The average Bonchev–Trinajstić information content (AvgIpc) is 3.22.